The van der Waals surface area contributed by atoms with E-state index in [1.165, 1.54) is 0 Å². The zero-order valence-corrected chi connectivity index (χ0v) is 7.55. The number of carboxylic acid groups (broad SMARTS) is 1. The van der Waals surface area contributed by atoms with Crippen LogP contribution in [0.25, 0.3) is 0 Å². The van der Waals surface area contributed by atoms with Crippen LogP contribution in [0, 0.1) is 0 Å². The molecule has 0 bridgehead atoms. The van der Waals surface area contributed by atoms with Crippen molar-refractivity contribution in [2.45, 2.75) is 31.0 Å². The number of likely N-dealkylation sites (N-methyl/N-ethyl adjacent to an activating group) is 1. The maximum Gasteiger partial charge on any atom is 0.304 e. The lowest BCUT2D eigenvalue weighted by Crippen LogP contribution is -2.38. The number of aliphatic hydroxyl groups is 2. The van der Waals surface area contributed by atoms with Crippen molar-refractivity contribution < 1.29 is 20.1 Å². The van der Waals surface area contributed by atoms with Gasteiger partial charge in [-0.3, -0.25) is 9.69 Å². The minimum atomic E-state index is -0.873. The first-order chi connectivity index (χ1) is 6.06. The summed E-state index contributed by atoms with van der Waals surface area (Å²) in [6.07, 6.45) is -0.169. The fraction of sp³-hybridized carbons (Fsp3) is 0.875. The Morgan fingerprint density at radius 3 is 2.62 bits per heavy atom. The van der Waals surface area contributed by atoms with Gasteiger partial charge in [0.1, 0.15) is 0 Å². The lowest BCUT2D eigenvalue weighted by atomic mass is 10.1. The minimum Gasteiger partial charge on any atom is -0.481 e. The van der Waals surface area contributed by atoms with Crippen LogP contribution in [0.2, 0.25) is 0 Å². The molecule has 76 valence electrons. The highest BCUT2D eigenvalue weighted by Gasteiger charge is 2.38. The number of carboxylic acids is 1. The molecule has 1 aliphatic rings. The van der Waals surface area contributed by atoms with E-state index in [1.807, 2.05) is 0 Å². The van der Waals surface area contributed by atoms with Crippen molar-refractivity contribution in [3.05, 3.63) is 0 Å². The topological polar surface area (TPSA) is 81.0 Å². The SMILES string of the molecule is CN1[C@H](CC(=O)O)C[C@@H](O)[C@@H]1CO. The van der Waals surface area contributed by atoms with Gasteiger partial charge in [-0.1, -0.05) is 0 Å². The van der Waals surface area contributed by atoms with Gasteiger partial charge in [-0.05, 0) is 13.5 Å². The van der Waals surface area contributed by atoms with Gasteiger partial charge in [-0.15, -0.1) is 0 Å². The van der Waals surface area contributed by atoms with E-state index in [4.69, 9.17) is 10.2 Å². The molecule has 3 atom stereocenters. The van der Waals surface area contributed by atoms with Gasteiger partial charge in [0.25, 0.3) is 0 Å². The summed E-state index contributed by atoms with van der Waals surface area (Å²) in [5.41, 5.74) is 0. The summed E-state index contributed by atoms with van der Waals surface area (Å²) < 4.78 is 0. The Balaban J connectivity index is 2.56. The summed E-state index contributed by atoms with van der Waals surface area (Å²) in [4.78, 5) is 12.2. The van der Waals surface area contributed by atoms with Crippen LogP contribution < -0.4 is 0 Å². The molecule has 0 aromatic heterocycles. The number of nitrogens with zero attached hydrogens (tertiary/aromatic N) is 1. The van der Waals surface area contributed by atoms with Crippen LogP contribution in [0.4, 0.5) is 0 Å². The predicted octanol–water partition coefficient (Wildman–Crippen LogP) is -1.11. The van der Waals surface area contributed by atoms with Gasteiger partial charge in [0.05, 0.1) is 25.2 Å². The molecule has 3 N–H and O–H groups in total. The molecule has 5 nitrogen and oxygen atoms in total. The van der Waals surface area contributed by atoms with E-state index in [0.29, 0.717) is 6.42 Å². The second-order valence-corrected chi connectivity index (χ2v) is 3.47. The molecule has 5 heteroatoms. The van der Waals surface area contributed by atoms with E-state index in [-0.39, 0.29) is 25.1 Å². The van der Waals surface area contributed by atoms with Crippen molar-refractivity contribution in [2.75, 3.05) is 13.7 Å². The molecule has 1 saturated heterocycles. The normalized spacial score (nSPS) is 35.2. The van der Waals surface area contributed by atoms with Crippen LogP contribution in [-0.2, 0) is 4.79 Å². The van der Waals surface area contributed by atoms with E-state index in [2.05, 4.69) is 0 Å². The monoisotopic (exact) mass is 189 g/mol. The first-order valence-corrected chi connectivity index (χ1v) is 4.29. The molecule has 0 radical (unpaired) electrons. The molecule has 0 aliphatic carbocycles. The maximum absolute atomic E-state index is 10.4. The Hall–Kier alpha value is -0.650. The highest BCUT2D eigenvalue weighted by atomic mass is 16.4. The smallest absolute Gasteiger partial charge is 0.304 e. The molecular formula is C8H15NO4. The second kappa shape index (κ2) is 4.04. The number of hydrogen-bond acceptors (Lipinski definition) is 4. The average molecular weight is 189 g/mol. The summed E-state index contributed by atoms with van der Waals surface area (Å²) >= 11 is 0. The molecule has 0 aromatic carbocycles. The number of hydrogen-bond donors (Lipinski definition) is 3. The third-order valence-electron chi connectivity index (χ3n) is 2.65. The van der Waals surface area contributed by atoms with Crippen molar-refractivity contribution in [3.63, 3.8) is 0 Å². The Kier molecular flexibility index (Phi) is 3.24. The van der Waals surface area contributed by atoms with Gasteiger partial charge in [-0.2, -0.15) is 0 Å². The molecule has 0 amide bonds. The van der Waals surface area contributed by atoms with Gasteiger partial charge in [-0.25, -0.2) is 0 Å². The number of rotatable bonds is 3. The molecular weight excluding hydrogens is 174 g/mol. The Bertz CT molecular complexity index is 197. The summed E-state index contributed by atoms with van der Waals surface area (Å²) in [5.74, 6) is -0.873. The van der Waals surface area contributed by atoms with E-state index < -0.39 is 12.1 Å². The molecule has 1 aliphatic heterocycles. The van der Waals surface area contributed by atoms with Crippen LogP contribution in [-0.4, -0.2) is 58.0 Å². The fourth-order valence-electron chi connectivity index (χ4n) is 1.82. The van der Waals surface area contributed by atoms with E-state index in [0.717, 1.165) is 0 Å². The first-order valence-electron chi connectivity index (χ1n) is 4.29. The minimum absolute atomic E-state index is 0.0179. The van der Waals surface area contributed by atoms with Crippen LogP contribution in [0.1, 0.15) is 12.8 Å². The van der Waals surface area contributed by atoms with Gasteiger partial charge in [0.2, 0.25) is 0 Å². The van der Waals surface area contributed by atoms with Crippen molar-refractivity contribution in [3.8, 4) is 0 Å². The zero-order chi connectivity index (χ0) is 10.0. The van der Waals surface area contributed by atoms with E-state index >= 15 is 0 Å². The molecule has 0 spiro atoms. The van der Waals surface area contributed by atoms with Crippen LogP contribution >= 0.6 is 0 Å². The summed E-state index contributed by atoms with van der Waals surface area (Å²) in [5, 5.41) is 26.9. The van der Waals surface area contributed by atoms with Gasteiger partial charge in [0.15, 0.2) is 0 Å². The maximum atomic E-state index is 10.4. The Morgan fingerprint density at radius 1 is 1.62 bits per heavy atom. The largest absolute Gasteiger partial charge is 0.481 e. The van der Waals surface area contributed by atoms with E-state index in [1.54, 1.807) is 11.9 Å². The van der Waals surface area contributed by atoms with Crippen LogP contribution in [0.15, 0.2) is 0 Å². The quantitative estimate of drug-likeness (QED) is 0.524. The van der Waals surface area contributed by atoms with E-state index in [9.17, 15) is 9.90 Å². The molecule has 0 aromatic rings. The van der Waals surface area contributed by atoms with Crippen molar-refractivity contribution in [2.24, 2.45) is 0 Å². The summed E-state index contributed by atoms with van der Waals surface area (Å²) in [6, 6.07) is -0.478. The third kappa shape index (κ3) is 2.18. The molecule has 13 heavy (non-hydrogen) atoms. The highest BCUT2D eigenvalue weighted by molar-refractivity contribution is 5.67. The number of likely N-dealkylation sites (tertiary alicyclic amines) is 1. The standard InChI is InChI=1S/C8H15NO4/c1-9-5(3-8(12)13)2-7(11)6(9)4-10/h5-7,10-11H,2-4H2,1H3,(H,12,13)/t5-,6-,7+/m0/s1. The van der Waals surface area contributed by atoms with Crippen molar-refractivity contribution in [1.82, 2.24) is 4.90 Å². The number of aliphatic carboxylic acids is 1. The summed E-state index contributed by atoms with van der Waals surface area (Å²) in [6.45, 7) is -0.131. The molecule has 1 fully saturated rings. The number of carbonyl (C=O) groups is 1. The van der Waals surface area contributed by atoms with Gasteiger partial charge in [0, 0.05) is 6.04 Å². The second-order valence-electron chi connectivity index (χ2n) is 3.47. The summed E-state index contributed by atoms with van der Waals surface area (Å²) in [7, 11) is 1.73. The molecule has 1 rings (SSSR count). The number of aliphatic hydroxyl groups excluding tert-OH is 2. The Labute approximate surface area is 76.6 Å². The zero-order valence-electron chi connectivity index (χ0n) is 7.55. The Morgan fingerprint density at radius 2 is 2.23 bits per heavy atom. The lowest BCUT2D eigenvalue weighted by Gasteiger charge is -2.23. The fourth-order valence-corrected chi connectivity index (χ4v) is 1.82. The van der Waals surface area contributed by atoms with Crippen molar-refractivity contribution >= 4 is 5.97 Å². The van der Waals surface area contributed by atoms with Gasteiger partial charge < -0.3 is 15.3 Å². The predicted molar refractivity (Wildman–Crippen MR) is 45.3 cm³/mol. The van der Waals surface area contributed by atoms with Crippen LogP contribution in [0.5, 0.6) is 0 Å². The molecule has 0 unspecified atom stereocenters. The molecule has 1 heterocycles. The van der Waals surface area contributed by atoms with Crippen molar-refractivity contribution in [1.29, 1.82) is 0 Å². The lowest BCUT2D eigenvalue weighted by molar-refractivity contribution is -0.138. The average Bonchev–Trinajstić information content (AvgIpc) is 2.26. The first kappa shape index (κ1) is 10.4. The van der Waals surface area contributed by atoms with Crippen LogP contribution in [0.3, 0.4) is 0 Å². The van der Waals surface area contributed by atoms with Gasteiger partial charge >= 0.3 is 5.97 Å². The molecule has 0 saturated carbocycles. The highest BCUT2D eigenvalue weighted by Crippen LogP contribution is 2.24. The third-order valence-corrected chi connectivity index (χ3v) is 2.65.